The van der Waals surface area contributed by atoms with Gasteiger partial charge in [-0.2, -0.15) is 0 Å². The van der Waals surface area contributed by atoms with Crippen molar-refractivity contribution in [1.29, 1.82) is 0 Å². The average molecular weight is 254 g/mol. The van der Waals surface area contributed by atoms with Gasteiger partial charge in [-0.3, -0.25) is 0 Å². The van der Waals surface area contributed by atoms with Crippen LogP contribution < -0.4 is 0 Å². The van der Waals surface area contributed by atoms with Crippen LogP contribution in [0.2, 0.25) is 0 Å². The molecule has 0 bridgehead atoms. The molecule has 98 valence electrons. The molecule has 2 aromatic carbocycles. The largest absolute Gasteiger partial charge is 0.478 e. The fraction of sp³-hybridized carbons (Fsp3) is 0.235. The maximum atomic E-state index is 11.4. The zero-order valence-electron chi connectivity index (χ0n) is 11.3. The summed E-state index contributed by atoms with van der Waals surface area (Å²) in [6, 6.07) is 14.1. The van der Waals surface area contributed by atoms with Gasteiger partial charge in [-0.15, -0.1) is 0 Å². The molecule has 2 heteroatoms. The number of carboxylic acid groups (broad SMARTS) is 1. The van der Waals surface area contributed by atoms with Gasteiger partial charge >= 0.3 is 5.97 Å². The van der Waals surface area contributed by atoms with Gasteiger partial charge in [-0.1, -0.05) is 55.0 Å². The Morgan fingerprint density at radius 1 is 1.11 bits per heavy atom. The van der Waals surface area contributed by atoms with Crippen LogP contribution >= 0.6 is 0 Å². The Morgan fingerprint density at radius 2 is 1.79 bits per heavy atom. The number of fused-ring (bicyclic) bond motifs is 1. The monoisotopic (exact) mass is 254 g/mol. The first-order valence-electron chi connectivity index (χ1n) is 6.52. The van der Waals surface area contributed by atoms with E-state index >= 15 is 0 Å². The Hall–Kier alpha value is -2.09. The van der Waals surface area contributed by atoms with Crippen LogP contribution in [0.4, 0.5) is 0 Å². The molecule has 0 unspecified atom stereocenters. The van der Waals surface area contributed by atoms with Gasteiger partial charge in [0.1, 0.15) is 0 Å². The summed E-state index contributed by atoms with van der Waals surface area (Å²) in [6.07, 6.45) is 1.25. The maximum absolute atomic E-state index is 11.4. The molecule has 0 spiro atoms. The minimum Gasteiger partial charge on any atom is -0.478 e. The van der Waals surface area contributed by atoms with Crippen molar-refractivity contribution in [3.8, 4) is 0 Å². The van der Waals surface area contributed by atoms with Crippen LogP contribution in [0.15, 0.2) is 53.6 Å². The molecule has 0 fully saturated rings. The lowest BCUT2D eigenvalue weighted by Gasteiger charge is -2.10. The number of hydrogen-bond acceptors (Lipinski definition) is 1. The third-order valence-corrected chi connectivity index (χ3v) is 3.55. The number of carbonyl (C=O) groups is 1. The first-order chi connectivity index (χ1) is 9.13. The molecule has 0 amide bonds. The molecule has 0 saturated carbocycles. The Labute approximate surface area is 113 Å². The SMILES string of the molecule is CCC(C)=C(Cc1cccc2ccccc12)C(=O)O. The normalized spacial score (nSPS) is 12.3. The zero-order valence-corrected chi connectivity index (χ0v) is 11.3. The third kappa shape index (κ3) is 2.84. The van der Waals surface area contributed by atoms with E-state index in [1.807, 2.05) is 44.2 Å². The van der Waals surface area contributed by atoms with Crippen molar-refractivity contribution in [2.24, 2.45) is 0 Å². The minimum atomic E-state index is -0.813. The second-order valence-corrected chi connectivity index (χ2v) is 4.73. The van der Waals surface area contributed by atoms with Gasteiger partial charge in [-0.25, -0.2) is 4.79 Å². The second kappa shape index (κ2) is 5.70. The first-order valence-corrected chi connectivity index (χ1v) is 6.52. The molecule has 0 radical (unpaired) electrons. The van der Waals surface area contributed by atoms with E-state index < -0.39 is 5.97 Å². The number of benzene rings is 2. The number of aliphatic carboxylic acids is 1. The molecule has 2 rings (SSSR count). The minimum absolute atomic E-state index is 0.482. The molecule has 19 heavy (non-hydrogen) atoms. The predicted octanol–water partition coefficient (Wildman–Crippen LogP) is 4.19. The van der Waals surface area contributed by atoms with Crippen LogP contribution in [-0.4, -0.2) is 11.1 Å². The van der Waals surface area contributed by atoms with Crippen molar-refractivity contribution in [1.82, 2.24) is 0 Å². The first kappa shape index (κ1) is 13.3. The molecule has 0 atom stereocenters. The lowest BCUT2D eigenvalue weighted by Crippen LogP contribution is -2.07. The molecule has 0 aliphatic carbocycles. The Kier molecular flexibility index (Phi) is 4.00. The summed E-state index contributed by atoms with van der Waals surface area (Å²) < 4.78 is 0. The van der Waals surface area contributed by atoms with Gasteiger partial charge in [0.2, 0.25) is 0 Å². The zero-order chi connectivity index (χ0) is 13.8. The van der Waals surface area contributed by atoms with Crippen molar-refractivity contribution in [3.05, 3.63) is 59.2 Å². The molecule has 1 N–H and O–H groups in total. The molecular weight excluding hydrogens is 236 g/mol. The molecule has 0 aromatic heterocycles. The van der Waals surface area contributed by atoms with Gasteiger partial charge in [0, 0.05) is 12.0 Å². The second-order valence-electron chi connectivity index (χ2n) is 4.73. The summed E-state index contributed by atoms with van der Waals surface area (Å²) in [5, 5.41) is 11.6. The van der Waals surface area contributed by atoms with E-state index in [-0.39, 0.29) is 0 Å². The highest BCUT2D eigenvalue weighted by Crippen LogP contribution is 2.23. The molecule has 0 saturated heterocycles. The van der Waals surface area contributed by atoms with E-state index in [9.17, 15) is 9.90 Å². The summed E-state index contributed by atoms with van der Waals surface area (Å²) in [5.41, 5.74) is 2.53. The third-order valence-electron chi connectivity index (χ3n) is 3.55. The fourth-order valence-corrected chi connectivity index (χ4v) is 2.26. The fourth-order valence-electron chi connectivity index (χ4n) is 2.26. The summed E-state index contributed by atoms with van der Waals surface area (Å²) >= 11 is 0. The van der Waals surface area contributed by atoms with Gasteiger partial charge in [0.05, 0.1) is 0 Å². The smallest absolute Gasteiger partial charge is 0.331 e. The van der Waals surface area contributed by atoms with Gasteiger partial charge in [0.25, 0.3) is 0 Å². The van der Waals surface area contributed by atoms with Gasteiger partial charge < -0.3 is 5.11 Å². The number of rotatable bonds is 4. The topological polar surface area (TPSA) is 37.3 Å². The predicted molar refractivity (Wildman–Crippen MR) is 78.3 cm³/mol. The Bertz CT molecular complexity index is 633. The van der Waals surface area contributed by atoms with Crippen molar-refractivity contribution in [2.75, 3.05) is 0 Å². The molecule has 0 aliphatic rings. The summed E-state index contributed by atoms with van der Waals surface area (Å²) in [4.78, 5) is 11.4. The van der Waals surface area contributed by atoms with Gasteiger partial charge in [-0.05, 0) is 29.7 Å². The standard InChI is InChI=1S/C17H18O2/c1-3-12(2)16(17(18)19)11-14-9-6-8-13-7-4-5-10-15(13)14/h4-10H,3,11H2,1-2H3,(H,18,19). The van der Waals surface area contributed by atoms with Crippen molar-refractivity contribution >= 4 is 16.7 Å². The molecule has 2 nitrogen and oxygen atoms in total. The van der Waals surface area contributed by atoms with Crippen LogP contribution in [0, 0.1) is 0 Å². The summed E-state index contributed by atoms with van der Waals surface area (Å²) in [5.74, 6) is -0.813. The van der Waals surface area contributed by atoms with Crippen LogP contribution in [0.1, 0.15) is 25.8 Å². The Balaban J connectivity index is 2.49. The highest BCUT2D eigenvalue weighted by Gasteiger charge is 2.12. The van der Waals surface area contributed by atoms with Crippen LogP contribution in [0.5, 0.6) is 0 Å². The molecule has 0 heterocycles. The van der Waals surface area contributed by atoms with Crippen molar-refractivity contribution in [2.45, 2.75) is 26.7 Å². The Morgan fingerprint density at radius 3 is 2.47 bits per heavy atom. The van der Waals surface area contributed by atoms with E-state index in [1.54, 1.807) is 0 Å². The number of carboxylic acids is 1. The molecule has 2 aromatic rings. The summed E-state index contributed by atoms with van der Waals surface area (Å²) in [6.45, 7) is 3.88. The van der Waals surface area contributed by atoms with Crippen LogP contribution in [-0.2, 0) is 11.2 Å². The van der Waals surface area contributed by atoms with E-state index in [1.165, 1.54) is 0 Å². The van der Waals surface area contributed by atoms with E-state index in [4.69, 9.17) is 0 Å². The van der Waals surface area contributed by atoms with E-state index in [2.05, 4.69) is 12.1 Å². The maximum Gasteiger partial charge on any atom is 0.331 e. The van der Waals surface area contributed by atoms with Crippen LogP contribution in [0.3, 0.4) is 0 Å². The van der Waals surface area contributed by atoms with Gasteiger partial charge in [0.15, 0.2) is 0 Å². The number of hydrogen-bond donors (Lipinski definition) is 1. The quantitative estimate of drug-likeness (QED) is 0.830. The molecule has 0 aliphatic heterocycles. The lowest BCUT2D eigenvalue weighted by atomic mass is 9.95. The highest BCUT2D eigenvalue weighted by atomic mass is 16.4. The van der Waals surface area contributed by atoms with Crippen LogP contribution in [0.25, 0.3) is 10.8 Å². The van der Waals surface area contributed by atoms with Crippen molar-refractivity contribution < 1.29 is 9.90 Å². The summed E-state index contributed by atoms with van der Waals surface area (Å²) in [7, 11) is 0. The lowest BCUT2D eigenvalue weighted by molar-refractivity contribution is -0.132. The number of allylic oxidation sites excluding steroid dienone is 1. The van der Waals surface area contributed by atoms with E-state index in [0.717, 1.165) is 28.3 Å². The highest BCUT2D eigenvalue weighted by molar-refractivity contribution is 5.91. The average Bonchev–Trinajstić information content (AvgIpc) is 2.43. The van der Waals surface area contributed by atoms with E-state index in [0.29, 0.717) is 12.0 Å². The van der Waals surface area contributed by atoms with Crippen molar-refractivity contribution in [3.63, 3.8) is 0 Å². The molecular formula is C17H18O2.